The summed E-state index contributed by atoms with van der Waals surface area (Å²) in [6, 6.07) is 42.2. The van der Waals surface area contributed by atoms with Gasteiger partial charge in [-0.25, -0.2) is 0 Å². The van der Waals surface area contributed by atoms with Crippen molar-refractivity contribution in [3.05, 3.63) is 168 Å². The zero-order valence-corrected chi connectivity index (χ0v) is 33.1. The Labute approximate surface area is 357 Å². The molecule has 3 aromatic heterocycles. The standard InChI is InChI=1S/C34H21N2O.C17H20N.Ir/c1-20-14-22(18-35)10-13-25(20)29-16-32(36-19-21(29)2)28-9-5-8-27-31-15-24-12-11-23-6-3-4-7-26(23)30(24)17-33(31)37-34(27)28;1-13-5-8-15(9-6-13)16-10-7-14(12-18-16)11-17(2,3)4;/h3-8,10-17,19H,1-2H3;5-8,10,12H,11H2,1-4H3;/q2*-1;/i1D3,2D3;1D3,11D2;. The Morgan fingerprint density at radius 1 is 0.732 bits per heavy atom. The van der Waals surface area contributed by atoms with Crippen molar-refractivity contribution in [1.29, 1.82) is 5.26 Å². The van der Waals surface area contributed by atoms with Crippen LogP contribution in [0.4, 0.5) is 0 Å². The summed E-state index contributed by atoms with van der Waals surface area (Å²) in [5.74, 6) is 0. The number of benzene rings is 6. The van der Waals surface area contributed by atoms with Crippen molar-refractivity contribution in [2.75, 3.05) is 0 Å². The molecule has 0 N–H and O–H groups in total. The van der Waals surface area contributed by atoms with Crippen molar-refractivity contribution in [1.82, 2.24) is 9.97 Å². The maximum atomic E-state index is 9.39. The molecule has 0 saturated heterocycles. The maximum absolute atomic E-state index is 9.39. The minimum absolute atomic E-state index is 0. The molecule has 0 amide bonds. The van der Waals surface area contributed by atoms with Gasteiger partial charge in [0.2, 0.25) is 0 Å². The largest absolute Gasteiger partial charge is 0.501 e. The summed E-state index contributed by atoms with van der Waals surface area (Å²) < 4.78 is 93.8. The van der Waals surface area contributed by atoms with Crippen LogP contribution in [-0.4, -0.2) is 9.97 Å². The average Bonchev–Trinajstić information content (AvgIpc) is 3.64. The number of pyridine rings is 2. The van der Waals surface area contributed by atoms with Crippen LogP contribution in [0.15, 0.2) is 132 Å². The maximum Gasteiger partial charge on any atom is 0.121 e. The third-order valence-electron chi connectivity index (χ3n) is 9.27. The normalized spacial score (nSPS) is 15.1. The number of nitrogens with zero attached hydrogens (tertiary/aromatic N) is 3. The summed E-state index contributed by atoms with van der Waals surface area (Å²) in [5, 5.41) is 15.5. The minimum Gasteiger partial charge on any atom is -0.501 e. The van der Waals surface area contributed by atoms with E-state index in [1.54, 1.807) is 36.4 Å². The molecule has 0 fully saturated rings. The monoisotopic (exact) mass is 915 g/mol. The molecule has 4 nitrogen and oxygen atoms in total. The van der Waals surface area contributed by atoms with Crippen LogP contribution in [0.25, 0.3) is 77.1 Å². The van der Waals surface area contributed by atoms with Gasteiger partial charge in [-0.2, -0.15) is 5.26 Å². The predicted octanol–water partition coefficient (Wildman–Crippen LogP) is 13.4. The molecule has 9 rings (SSSR count). The molecular formula is C51H41IrN3O-2. The smallest absolute Gasteiger partial charge is 0.121 e. The van der Waals surface area contributed by atoms with Crippen LogP contribution in [0.1, 0.15) is 63.7 Å². The van der Waals surface area contributed by atoms with Crippen LogP contribution < -0.4 is 0 Å². The van der Waals surface area contributed by atoms with Crippen molar-refractivity contribution < 1.29 is 39.6 Å². The number of aryl methyl sites for hydroxylation is 3. The van der Waals surface area contributed by atoms with Crippen LogP contribution >= 0.6 is 0 Å². The first-order valence-electron chi connectivity index (χ1n) is 23.2. The molecule has 0 saturated carbocycles. The topological polar surface area (TPSA) is 62.7 Å². The third kappa shape index (κ3) is 7.77. The van der Waals surface area contributed by atoms with E-state index in [1.807, 2.05) is 51.1 Å². The van der Waals surface area contributed by atoms with Gasteiger partial charge in [-0.15, -0.1) is 53.6 Å². The van der Waals surface area contributed by atoms with E-state index < -0.39 is 32.3 Å². The fraction of sp³-hybridized carbons (Fsp3) is 0.157. The number of furan rings is 1. The second kappa shape index (κ2) is 15.7. The fourth-order valence-electron chi connectivity index (χ4n) is 6.74. The van der Waals surface area contributed by atoms with Crippen molar-refractivity contribution in [2.45, 2.75) is 47.7 Å². The first-order valence-corrected chi connectivity index (χ1v) is 17.7. The number of aromatic nitrogens is 2. The van der Waals surface area contributed by atoms with E-state index in [4.69, 9.17) is 19.5 Å². The molecule has 0 aliphatic carbocycles. The molecule has 0 aliphatic heterocycles. The van der Waals surface area contributed by atoms with Gasteiger partial charge in [0.1, 0.15) is 5.58 Å². The molecular weight excluding hydrogens is 863 g/mol. The van der Waals surface area contributed by atoms with Gasteiger partial charge in [-0.1, -0.05) is 99.2 Å². The quantitative estimate of drug-likeness (QED) is 0.130. The molecule has 5 heteroatoms. The van der Waals surface area contributed by atoms with E-state index in [-0.39, 0.29) is 53.5 Å². The second-order valence-corrected chi connectivity index (χ2v) is 14.3. The van der Waals surface area contributed by atoms with E-state index in [0.29, 0.717) is 39.2 Å². The number of rotatable bonds is 4. The van der Waals surface area contributed by atoms with Crippen molar-refractivity contribution in [3.63, 3.8) is 0 Å². The van der Waals surface area contributed by atoms with Crippen LogP contribution in [0, 0.1) is 49.4 Å². The first kappa shape index (κ1) is 26.8. The molecule has 0 unspecified atom stereocenters. The van der Waals surface area contributed by atoms with Gasteiger partial charge >= 0.3 is 0 Å². The Morgan fingerprint density at radius 3 is 2.32 bits per heavy atom. The summed E-state index contributed by atoms with van der Waals surface area (Å²) in [7, 11) is 0. The SMILES string of the molecule is [2H]C([2H])([2H])c1c[c-]c(-c2ccc(C([2H])([2H])C(C)(C)C)cn2)cc1.[2H]C([2H])([2H])c1cnc(-c2[c-]ccc3c2oc2cc4c(ccc5ccccc54)cc23)cc1-c1ccc(C#N)cc1C([2H])([2H])[2H].[Ir]. The van der Waals surface area contributed by atoms with Crippen LogP contribution in [0.2, 0.25) is 0 Å². The molecule has 3 heterocycles. The third-order valence-corrected chi connectivity index (χ3v) is 9.27. The Bertz CT molecular complexity index is 3340. The van der Waals surface area contributed by atoms with Gasteiger partial charge in [0.25, 0.3) is 0 Å². The van der Waals surface area contributed by atoms with Gasteiger partial charge in [0.15, 0.2) is 0 Å². The Kier molecular flexibility index (Phi) is 7.50. The van der Waals surface area contributed by atoms with E-state index in [1.165, 1.54) is 36.7 Å². The zero-order chi connectivity index (χ0) is 47.6. The summed E-state index contributed by atoms with van der Waals surface area (Å²) >= 11 is 0. The van der Waals surface area contributed by atoms with Gasteiger partial charge < -0.3 is 14.4 Å². The summed E-state index contributed by atoms with van der Waals surface area (Å²) in [5.41, 5.74) is 4.01. The Hall–Kier alpha value is -5.92. The van der Waals surface area contributed by atoms with Gasteiger partial charge in [-0.3, -0.25) is 0 Å². The molecule has 0 bridgehead atoms. The molecule has 9 aromatic rings. The molecule has 0 aliphatic rings. The van der Waals surface area contributed by atoms with E-state index in [0.717, 1.165) is 32.3 Å². The van der Waals surface area contributed by atoms with Crippen LogP contribution in [-0.2, 0) is 26.5 Å². The second-order valence-electron chi connectivity index (χ2n) is 14.3. The molecule has 56 heavy (non-hydrogen) atoms. The van der Waals surface area contributed by atoms with Crippen LogP contribution in [0.5, 0.6) is 0 Å². The Morgan fingerprint density at radius 2 is 1.57 bits per heavy atom. The van der Waals surface area contributed by atoms with E-state index >= 15 is 0 Å². The molecule has 1 radical (unpaired) electrons. The average molecular weight is 915 g/mol. The number of fused-ring (bicyclic) bond motifs is 6. The van der Waals surface area contributed by atoms with Crippen LogP contribution in [0.3, 0.4) is 0 Å². The summed E-state index contributed by atoms with van der Waals surface area (Å²) in [6.45, 7) is -1.75. The van der Waals surface area contributed by atoms with Gasteiger partial charge in [0, 0.05) is 53.0 Å². The zero-order valence-electron chi connectivity index (χ0n) is 41.7. The number of nitriles is 1. The van der Waals surface area contributed by atoms with E-state index in [2.05, 4.69) is 52.4 Å². The molecule has 0 spiro atoms. The van der Waals surface area contributed by atoms with E-state index in [9.17, 15) is 5.26 Å². The van der Waals surface area contributed by atoms with Gasteiger partial charge in [-0.05, 0) is 111 Å². The van der Waals surface area contributed by atoms with Crippen molar-refractivity contribution in [2.24, 2.45) is 5.41 Å². The summed E-state index contributed by atoms with van der Waals surface area (Å²) in [4.78, 5) is 8.81. The fourth-order valence-corrected chi connectivity index (χ4v) is 6.74. The first-order chi connectivity index (χ1) is 31.0. The minimum atomic E-state index is -2.59. The molecule has 277 valence electrons. The molecule has 6 aromatic carbocycles. The van der Waals surface area contributed by atoms with Gasteiger partial charge in [0.05, 0.1) is 17.2 Å². The molecule has 0 atom stereocenters. The van der Waals surface area contributed by atoms with Crippen molar-refractivity contribution >= 4 is 43.5 Å². The predicted molar refractivity (Wildman–Crippen MR) is 227 cm³/mol. The van der Waals surface area contributed by atoms with Crippen molar-refractivity contribution in [3.8, 4) is 39.7 Å². The number of hydrogen-bond acceptors (Lipinski definition) is 4. The summed E-state index contributed by atoms with van der Waals surface area (Å²) in [6.07, 6.45) is 1.30. The Balaban J connectivity index is 0.000000236. The number of hydrogen-bond donors (Lipinski definition) is 0.